The van der Waals surface area contributed by atoms with Gasteiger partial charge in [-0.1, -0.05) is 41.9 Å². The second kappa shape index (κ2) is 4.78. The van der Waals surface area contributed by atoms with Crippen LogP contribution in [0, 0.1) is 0 Å². The summed E-state index contributed by atoms with van der Waals surface area (Å²) in [6, 6.07) is 16.8. The van der Waals surface area contributed by atoms with Crippen molar-refractivity contribution in [1.29, 1.82) is 0 Å². The molecule has 0 aromatic heterocycles. The Morgan fingerprint density at radius 1 is 1.10 bits per heavy atom. The van der Waals surface area contributed by atoms with Gasteiger partial charge in [0.05, 0.1) is 11.7 Å². The highest BCUT2D eigenvalue weighted by Gasteiger charge is 2.36. The molecule has 2 aromatic rings. The number of likely N-dealkylation sites (N-methyl/N-ethyl adjacent to an activating group) is 1. The van der Waals surface area contributed by atoms with Crippen molar-refractivity contribution in [3.63, 3.8) is 0 Å². The van der Waals surface area contributed by atoms with Gasteiger partial charge in [0, 0.05) is 30.7 Å². The molecule has 1 atom stereocenters. The van der Waals surface area contributed by atoms with E-state index in [2.05, 4.69) is 47.2 Å². The van der Waals surface area contributed by atoms with Crippen LogP contribution in [-0.2, 0) is 0 Å². The molecule has 0 N–H and O–H groups in total. The monoisotopic (exact) mass is 297 g/mol. The van der Waals surface area contributed by atoms with Crippen LogP contribution in [0.2, 0.25) is 5.02 Å². The molecule has 0 radical (unpaired) electrons. The number of guanidine groups is 1. The van der Waals surface area contributed by atoms with E-state index in [1.54, 1.807) is 0 Å². The van der Waals surface area contributed by atoms with Crippen LogP contribution in [0.1, 0.15) is 17.2 Å². The van der Waals surface area contributed by atoms with Gasteiger partial charge in [-0.25, -0.2) is 4.99 Å². The molecule has 1 unspecified atom stereocenters. The first kappa shape index (κ1) is 12.7. The molecule has 3 nitrogen and oxygen atoms in total. The zero-order valence-corrected chi connectivity index (χ0v) is 12.6. The molecular weight excluding hydrogens is 282 g/mol. The molecule has 4 heteroatoms. The van der Waals surface area contributed by atoms with E-state index in [1.807, 2.05) is 18.2 Å². The Morgan fingerprint density at radius 3 is 2.71 bits per heavy atom. The van der Waals surface area contributed by atoms with E-state index >= 15 is 0 Å². The van der Waals surface area contributed by atoms with Crippen LogP contribution < -0.4 is 0 Å². The van der Waals surface area contributed by atoms with E-state index in [1.165, 1.54) is 11.1 Å². The second-order valence-corrected chi connectivity index (χ2v) is 5.98. The number of nitrogens with zero attached hydrogens (tertiary/aromatic N) is 3. The number of aliphatic imine (C=N–C) groups is 1. The van der Waals surface area contributed by atoms with Crippen molar-refractivity contribution in [3.8, 4) is 0 Å². The van der Waals surface area contributed by atoms with Crippen LogP contribution in [0.25, 0.3) is 0 Å². The van der Waals surface area contributed by atoms with Gasteiger partial charge in [-0.05, 0) is 23.8 Å². The largest absolute Gasteiger partial charge is 0.344 e. The Bertz CT molecular complexity index is 711. The fourth-order valence-corrected chi connectivity index (χ4v) is 3.37. The lowest BCUT2D eigenvalue weighted by Gasteiger charge is -2.35. The molecule has 4 rings (SSSR count). The summed E-state index contributed by atoms with van der Waals surface area (Å²) >= 11 is 6.22. The van der Waals surface area contributed by atoms with Gasteiger partial charge >= 0.3 is 0 Å². The van der Waals surface area contributed by atoms with E-state index in [-0.39, 0.29) is 6.04 Å². The predicted octanol–water partition coefficient (Wildman–Crippen LogP) is 3.68. The first-order valence-corrected chi connectivity index (χ1v) is 7.53. The SMILES string of the molecule is CN1CCN2C1=Nc1ccc(Cl)cc1C2c1ccccc1. The van der Waals surface area contributed by atoms with E-state index in [9.17, 15) is 0 Å². The highest BCUT2D eigenvalue weighted by molar-refractivity contribution is 6.30. The summed E-state index contributed by atoms with van der Waals surface area (Å²) in [7, 11) is 2.10. The van der Waals surface area contributed by atoms with Crippen molar-refractivity contribution in [1.82, 2.24) is 9.80 Å². The average molecular weight is 298 g/mol. The van der Waals surface area contributed by atoms with Crippen LogP contribution in [0.5, 0.6) is 0 Å². The molecule has 0 spiro atoms. The van der Waals surface area contributed by atoms with Gasteiger partial charge in [-0.3, -0.25) is 0 Å². The lowest BCUT2D eigenvalue weighted by Crippen LogP contribution is -2.37. The van der Waals surface area contributed by atoms with E-state index < -0.39 is 0 Å². The summed E-state index contributed by atoms with van der Waals surface area (Å²) in [5.74, 6) is 1.05. The highest BCUT2D eigenvalue weighted by atomic mass is 35.5. The average Bonchev–Trinajstić information content (AvgIpc) is 2.87. The number of halogens is 1. The van der Waals surface area contributed by atoms with Gasteiger partial charge in [-0.15, -0.1) is 0 Å². The van der Waals surface area contributed by atoms with Crippen molar-refractivity contribution in [2.75, 3.05) is 20.1 Å². The Kier molecular flexibility index (Phi) is 2.89. The Hall–Kier alpha value is -2.00. The maximum atomic E-state index is 6.22. The maximum Gasteiger partial charge on any atom is 0.202 e. The molecule has 1 saturated heterocycles. The molecule has 2 aliphatic rings. The maximum absolute atomic E-state index is 6.22. The lowest BCUT2D eigenvalue weighted by atomic mass is 9.95. The number of fused-ring (bicyclic) bond motifs is 2. The topological polar surface area (TPSA) is 18.8 Å². The van der Waals surface area contributed by atoms with Crippen molar-refractivity contribution in [3.05, 3.63) is 64.7 Å². The van der Waals surface area contributed by atoms with E-state index in [4.69, 9.17) is 16.6 Å². The standard InChI is InChI=1S/C17H16ClN3/c1-20-9-10-21-16(12-5-3-2-4-6-12)14-11-13(18)7-8-15(14)19-17(20)21/h2-8,11,16H,9-10H2,1H3. The summed E-state index contributed by atoms with van der Waals surface area (Å²) in [6.45, 7) is 1.99. The predicted molar refractivity (Wildman–Crippen MR) is 86.2 cm³/mol. The summed E-state index contributed by atoms with van der Waals surface area (Å²) in [6.07, 6.45) is 0. The normalized spacial score (nSPS) is 20.1. The van der Waals surface area contributed by atoms with Gasteiger partial charge < -0.3 is 9.80 Å². The zero-order valence-electron chi connectivity index (χ0n) is 11.8. The van der Waals surface area contributed by atoms with Crippen LogP contribution in [0.4, 0.5) is 5.69 Å². The third kappa shape index (κ3) is 2.00. The minimum Gasteiger partial charge on any atom is -0.344 e. The zero-order chi connectivity index (χ0) is 14.4. The molecule has 2 aromatic carbocycles. The quantitative estimate of drug-likeness (QED) is 0.799. The van der Waals surface area contributed by atoms with E-state index in [0.717, 1.165) is 29.8 Å². The molecular formula is C17H16ClN3. The van der Waals surface area contributed by atoms with Crippen molar-refractivity contribution in [2.45, 2.75) is 6.04 Å². The fourth-order valence-electron chi connectivity index (χ4n) is 3.19. The minimum absolute atomic E-state index is 0.192. The summed E-state index contributed by atoms with van der Waals surface area (Å²) in [4.78, 5) is 9.40. The van der Waals surface area contributed by atoms with Gasteiger partial charge in [0.25, 0.3) is 0 Å². The van der Waals surface area contributed by atoms with Gasteiger partial charge in [0.2, 0.25) is 5.96 Å². The molecule has 0 aliphatic carbocycles. The van der Waals surface area contributed by atoms with Crippen LogP contribution >= 0.6 is 11.6 Å². The summed E-state index contributed by atoms with van der Waals surface area (Å²) < 4.78 is 0. The molecule has 2 aliphatic heterocycles. The Labute approximate surface area is 129 Å². The van der Waals surface area contributed by atoms with E-state index in [0.29, 0.717) is 0 Å². The number of hydrogen-bond acceptors (Lipinski definition) is 3. The summed E-state index contributed by atoms with van der Waals surface area (Å²) in [5.41, 5.74) is 3.49. The molecule has 0 bridgehead atoms. The van der Waals surface area contributed by atoms with Crippen molar-refractivity contribution >= 4 is 23.2 Å². The third-order valence-electron chi connectivity index (χ3n) is 4.21. The van der Waals surface area contributed by atoms with Gasteiger partial charge in [-0.2, -0.15) is 0 Å². The lowest BCUT2D eigenvalue weighted by molar-refractivity contribution is 0.387. The van der Waals surface area contributed by atoms with Crippen LogP contribution in [0.15, 0.2) is 53.5 Å². The molecule has 1 fully saturated rings. The van der Waals surface area contributed by atoms with Crippen LogP contribution in [-0.4, -0.2) is 35.9 Å². The highest BCUT2D eigenvalue weighted by Crippen LogP contribution is 2.41. The minimum atomic E-state index is 0.192. The van der Waals surface area contributed by atoms with Crippen molar-refractivity contribution in [2.24, 2.45) is 4.99 Å². The Balaban J connectivity index is 1.92. The van der Waals surface area contributed by atoms with Gasteiger partial charge in [0.15, 0.2) is 0 Å². The second-order valence-electron chi connectivity index (χ2n) is 5.54. The number of rotatable bonds is 1. The smallest absolute Gasteiger partial charge is 0.202 e. The molecule has 0 amide bonds. The third-order valence-corrected chi connectivity index (χ3v) is 4.44. The molecule has 0 saturated carbocycles. The summed E-state index contributed by atoms with van der Waals surface area (Å²) in [5, 5.41) is 0.765. The Morgan fingerprint density at radius 2 is 1.90 bits per heavy atom. The van der Waals surface area contributed by atoms with Gasteiger partial charge in [0.1, 0.15) is 0 Å². The molecule has 106 valence electrons. The number of benzene rings is 2. The molecule has 2 heterocycles. The number of hydrogen-bond donors (Lipinski definition) is 0. The fraction of sp³-hybridized carbons (Fsp3) is 0.235. The van der Waals surface area contributed by atoms with Crippen molar-refractivity contribution < 1.29 is 0 Å². The first-order valence-electron chi connectivity index (χ1n) is 7.15. The van der Waals surface area contributed by atoms with Crippen LogP contribution in [0.3, 0.4) is 0 Å². The first-order chi connectivity index (χ1) is 10.2. The molecule has 21 heavy (non-hydrogen) atoms.